The van der Waals surface area contributed by atoms with Crippen molar-refractivity contribution in [3.8, 4) is 0 Å². The lowest BCUT2D eigenvalue weighted by Crippen LogP contribution is -2.15. The van der Waals surface area contributed by atoms with Gasteiger partial charge in [-0.25, -0.2) is 4.98 Å². The fourth-order valence-electron chi connectivity index (χ4n) is 0.767. The minimum atomic E-state index is 0.484. The monoisotopic (exact) mass is 203 g/mol. The average molecular weight is 203 g/mol. The third-order valence-corrected chi connectivity index (χ3v) is 3.76. The van der Waals surface area contributed by atoms with Crippen LogP contribution in [0, 0.1) is 6.92 Å². The molecule has 0 aliphatic heterocycles. The number of nitrogens with two attached hydrogens (primary N) is 1. The summed E-state index contributed by atoms with van der Waals surface area (Å²) in [6.07, 6.45) is 1.08. The van der Waals surface area contributed by atoms with E-state index in [-0.39, 0.29) is 0 Å². The molecule has 1 aromatic heterocycles. The number of hydrogen-bond donors (Lipinski definition) is 1. The Morgan fingerprint density at radius 3 is 2.83 bits per heavy atom. The second-order valence-electron chi connectivity index (χ2n) is 2.49. The van der Waals surface area contributed by atoms with Gasteiger partial charge in [-0.3, -0.25) is 0 Å². The summed E-state index contributed by atoms with van der Waals surface area (Å²) in [5.74, 6) is 0.856. The normalized spacial score (nSPS) is 13.2. The van der Waals surface area contributed by atoms with Crippen LogP contribution in [-0.2, 0) is 0 Å². The quantitative estimate of drug-likeness (QED) is 0.756. The smallest absolute Gasteiger partial charge is 0.170 e. The van der Waals surface area contributed by atoms with Crippen LogP contribution in [0.5, 0.6) is 0 Å². The van der Waals surface area contributed by atoms with Gasteiger partial charge < -0.3 is 5.73 Å². The Kier molecular flexibility index (Phi) is 3.97. The van der Waals surface area contributed by atoms with Crippen LogP contribution in [0.25, 0.3) is 0 Å². The van der Waals surface area contributed by atoms with E-state index in [9.17, 15) is 0 Å². The zero-order chi connectivity index (χ0) is 8.97. The second kappa shape index (κ2) is 4.79. The molecule has 5 heteroatoms. The molecule has 12 heavy (non-hydrogen) atoms. The van der Waals surface area contributed by atoms with Gasteiger partial charge in [-0.05, 0) is 24.9 Å². The fraction of sp³-hybridized carbons (Fsp3) is 0.714. The van der Waals surface area contributed by atoms with Crippen molar-refractivity contribution in [2.24, 2.45) is 5.73 Å². The Balaban J connectivity index is 2.50. The largest absolute Gasteiger partial charge is 0.329 e. The first-order valence-corrected chi connectivity index (χ1v) is 5.58. The van der Waals surface area contributed by atoms with Gasteiger partial charge in [0.2, 0.25) is 0 Å². The van der Waals surface area contributed by atoms with Gasteiger partial charge in [-0.15, -0.1) is 0 Å². The molecule has 0 radical (unpaired) electrons. The molecule has 0 aliphatic rings. The van der Waals surface area contributed by atoms with Gasteiger partial charge in [0.15, 0.2) is 4.34 Å². The number of hydrogen-bond acceptors (Lipinski definition) is 5. The summed E-state index contributed by atoms with van der Waals surface area (Å²) in [6.45, 7) is 4.75. The molecular formula is C7H13N3S2. The molecule has 0 aliphatic carbocycles. The van der Waals surface area contributed by atoms with Crippen LogP contribution >= 0.6 is 23.3 Å². The second-order valence-corrected chi connectivity index (χ2v) is 4.79. The van der Waals surface area contributed by atoms with Crippen molar-refractivity contribution in [3.63, 3.8) is 0 Å². The van der Waals surface area contributed by atoms with E-state index in [4.69, 9.17) is 5.73 Å². The van der Waals surface area contributed by atoms with Gasteiger partial charge in [0, 0.05) is 11.8 Å². The number of rotatable bonds is 4. The molecule has 1 unspecified atom stereocenters. The zero-order valence-corrected chi connectivity index (χ0v) is 8.91. The topological polar surface area (TPSA) is 51.8 Å². The summed E-state index contributed by atoms with van der Waals surface area (Å²) >= 11 is 3.18. The summed E-state index contributed by atoms with van der Waals surface area (Å²) in [7, 11) is 0. The Morgan fingerprint density at radius 1 is 1.67 bits per heavy atom. The summed E-state index contributed by atoms with van der Waals surface area (Å²) in [5.41, 5.74) is 5.57. The van der Waals surface area contributed by atoms with Crippen LogP contribution in [0.4, 0.5) is 0 Å². The van der Waals surface area contributed by atoms with E-state index in [0.29, 0.717) is 11.8 Å². The number of thioether (sulfide) groups is 1. The van der Waals surface area contributed by atoms with Gasteiger partial charge >= 0.3 is 0 Å². The molecule has 0 saturated carbocycles. The average Bonchev–Trinajstić information content (AvgIpc) is 2.47. The van der Waals surface area contributed by atoms with Crippen molar-refractivity contribution in [1.29, 1.82) is 0 Å². The van der Waals surface area contributed by atoms with E-state index in [2.05, 4.69) is 16.3 Å². The maximum atomic E-state index is 5.57. The van der Waals surface area contributed by atoms with Crippen LogP contribution in [0.3, 0.4) is 0 Å². The minimum Gasteiger partial charge on any atom is -0.329 e. The van der Waals surface area contributed by atoms with Gasteiger partial charge in [0.25, 0.3) is 0 Å². The van der Waals surface area contributed by atoms with Gasteiger partial charge in [0.1, 0.15) is 5.82 Å². The first-order chi connectivity index (χ1) is 5.76. The Hall–Kier alpha value is -0.130. The highest BCUT2D eigenvalue weighted by Crippen LogP contribution is 2.25. The first kappa shape index (κ1) is 9.95. The van der Waals surface area contributed by atoms with Crippen molar-refractivity contribution >= 4 is 23.3 Å². The van der Waals surface area contributed by atoms with E-state index in [1.165, 1.54) is 11.5 Å². The van der Waals surface area contributed by atoms with E-state index in [1.54, 1.807) is 11.8 Å². The summed E-state index contributed by atoms with van der Waals surface area (Å²) in [5, 5.41) is 0.484. The van der Waals surface area contributed by atoms with Crippen molar-refractivity contribution < 1.29 is 0 Å². The van der Waals surface area contributed by atoms with Crippen LogP contribution in [0.2, 0.25) is 0 Å². The Labute approximate surface area is 80.9 Å². The highest BCUT2D eigenvalue weighted by molar-refractivity contribution is 8.01. The molecule has 1 heterocycles. The Bertz CT molecular complexity index is 232. The molecule has 0 amide bonds. The highest BCUT2D eigenvalue weighted by atomic mass is 32.2. The third kappa shape index (κ3) is 2.73. The van der Waals surface area contributed by atoms with E-state index in [1.807, 2.05) is 6.92 Å². The molecule has 0 fully saturated rings. The highest BCUT2D eigenvalue weighted by Gasteiger charge is 2.08. The molecule has 0 bridgehead atoms. The lowest BCUT2D eigenvalue weighted by molar-refractivity contribution is 0.826. The lowest BCUT2D eigenvalue weighted by atomic mass is 10.3. The van der Waals surface area contributed by atoms with Crippen molar-refractivity contribution in [2.45, 2.75) is 29.9 Å². The fourth-order valence-corrected chi connectivity index (χ4v) is 2.62. The maximum absolute atomic E-state index is 5.57. The number of nitrogens with zero attached hydrogens (tertiary/aromatic N) is 2. The van der Waals surface area contributed by atoms with Crippen molar-refractivity contribution in [3.05, 3.63) is 5.82 Å². The standard InChI is InChI=1S/C7H13N3S2/c1-3-6(4-8)11-7-9-5(2)10-12-7/h6H,3-4,8H2,1-2H3. The zero-order valence-electron chi connectivity index (χ0n) is 7.28. The van der Waals surface area contributed by atoms with Crippen LogP contribution in [0.15, 0.2) is 4.34 Å². The van der Waals surface area contributed by atoms with Crippen LogP contribution in [-0.4, -0.2) is 21.2 Å². The number of aryl methyl sites for hydroxylation is 1. The van der Waals surface area contributed by atoms with Gasteiger partial charge in [0.05, 0.1) is 0 Å². The summed E-state index contributed by atoms with van der Waals surface area (Å²) < 4.78 is 5.14. The molecular weight excluding hydrogens is 190 g/mol. The van der Waals surface area contributed by atoms with Crippen molar-refractivity contribution in [1.82, 2.24) is 9.36 Å². The molecule has 0 aromatic carbocycles. The molecule has 0 saturated heterocycles. The molecule has 68 valence electrons. The lowest BCUT2D eigenvalue weighted by Gasteiger charge is -2.07. The third-order valence-electron chi connectivity index (χ3n) is 1.49. The molecule has 3 nitrogen and oxygen atoms in total. The van der Waals surface area contributed by atoms with Crippen LogP contribution in [0.1, 0.15) is 19.2 Å². The van der Waals surface area contributed by atoms with E-state index < -0.39 is 0 Å². The predicted molar refractivity (Wildman–Crippen MR) is 53.6 cm³/mol. The SMILES string of the molecule is CCC(CN)Sc1nc(C)ns1. The number of aromatic nitrogens is 2. The molecule has 1 rings (SSSR count). The molecule has 1 aromatic rings. The predicted octanol–water partition coefficient (Wildman–Crippen LogP) is 1.68. The Morgan fingerprint density at radius 2 is 2.42 bits per heavy atom. The molecule has 1 atom stereocenters. The van der Waals surface area contributed by atoms with Crippen molar-refractivity contribution in [2.75, 3.05) is 6.54 Å². The minimum absolute atomic E-state index is 0.484. The maximum Gasteiger partial charge on any atom is 0.170 e. The molecule has 2 N–H and O–H groups in total. The molecule has 0 spiro atoms. The van der Waals surface area contributed by atoms with Gasteiger partial charge in [-0.1, -0.05) is 18.7 Å². The summed E-state index contributed by atoms with van der Waals surface area (Å²) in [4.78, 5) is 4.26. The summed E-state index contributed by atoms with van der Waals surface area (Å²) in [6, 6.07) is 0. The van der Waals surface area contributed by atoms with Crippen LogP contribution < -0.4 is 5.73 Å². The van der Waals surface area contributed by atoms with Gasteiger partial charge in [-0.2, -0.15) is 4.37 Å². The van der Waals surface area contributed by atoms with E-state index in [0.717, 1.165) is 16.6 Å². The first-order valence-electron chi connectivity index (χ1n) is 3.93. The van der Waals surface area contributed by atoms with E-state index >= 15 is 0 Å².